The Morgan fingerprint density at radius 1 is 1.43 bits per heavy atom. The first-order valence-corrected chi connectivity index (χ1v) is 4.11. The van der Waals surface area contributed by atoms with Crippen molar-refractivity contribution in [3.05, 3.63) is 42.0 Å². The zero-order chi connectivity index (χ0) is 10.7. The van der Waals surface area contributed by atoms with E-state index in [-0.39, 0.29) is 12.0 Å². The number of nitrogens with two attached hydrogens (primary N) is 1. The summed E-state index contributed by atoms with van der Waals surface area (Å²) >= 11 is 0. The molecule has 14 heavy (non-hydrogen) atoms. The van der Waals surface area contributed by atoms with Crippen LogP contribution in [0.25, 0.3) is 0 Å². The van der Waals surface area contributed by atoms with Crippen LogP contribution in [0.5, 0.6) is 5.75 Å². The van der Waals surface area contributed by atoms with Gasteiger partial charge in [0.1, 0.15) is 5.82 Å². The Hall–Kier alpha value is -1.42. The molecule has 1 aromatic carbocycles. The number of hydrogen-bond acceptors (Lipinski definition) is 2. The highest BCUT2D eigenvalue weighted by molar-refractivity contribution is 5.37. The largest absolute Gasteiger partial charge is 0.505 e. The monoisotopic (exact) mass is 199 g/mol. The van der Waals surface area contributed by atoms with Crippen molar-refractivity contribution in [1.82, 2.24) is 0 Å². The lowest BCUT2D eigenvalue weighted by atomic mass is 10.0. The van der Waals surface area contributed by atoms with Crippen molar-refractivity contribution in [2.24, 2.45) is 5.73 Å². The molecular weight excluding hydrogens is 188 g/mol. The molecule has 76 valence electrons. The molecule has 1 rings (SSSR count). The topological polar surface area (TPSA) is 46.2 Å². The second kappa shape index (κ2) is 4.19. The van der Waals surface area contributed by atoms with Gasteiger partial charge in [0.05, 0.1) is 0 Å². The summed E-state index contributed by atoms with van der Waals surface area (Å²) in [4.78, 5) is 0. The average molecular weight is 199 g/mol. The number of halogens is 2. The van der Waals surface area contributed by atoms with E-state index in [0.717, 1.165) is 12.1 Å². The van der Waals surface area contributed by atoms with E-state index in [2.05, 4.69) is 6.58 Å². The summed E-state index contributed by atoms with van der Waals surface area (Å²) in [5.74, 6) is -2.31. The summed E-state index contributed by atoms with van der Waals surface area (Å²) in [6.45, 7) is 3.43. The fraction of sp³-hybridized carbons (Fsp3) is 0.200. The Kier molecular flexibility index (Phi) is 3.19. The van der Waals surface area contributed by atoms with Crippen molar-refractivity contribution in [3.63, 3.8) is 0 Å². The van der Waals surface area contributed by atoms with Gasteiger partial charge in [-0.25, -0.2) is 8.78 Å². The molecule has 0 heterocycles. The van der Waals surface area contributed by atoms with E-state index in [1.54, 1.807) is 0 Å². The van der Waals surface area contributed by atoms with E-state index in [1.807, 2.05) is 0 Å². The zero-order valence-corrected chi connectivity index (χ0v) is 7.50. The maximum Gasteiger partial charge on any atom is 0.165 e. The number of phenolic OH excluding ortho intramolecular Hbond substituents is 1. The molecule has 0 aromatic heterocycles. The van der Waals surface area contributed by atoms with Crippen LogP contribution in [0, 0.1) is 11.6 Å². The van der Waals surface area contributed by atoms with Crippen LogP contribution in [0.4, 0.5) is 8.78 Å². The summed E-state index contributed by atoms with van der Waals surface area (Å²) in [7, 11) is 0. The van der Waals surface area contributed by atoms with Gasteiger partial charge < -0.3 is 10.8 Å². The Morgan fingerprint density at radius 2 is 2.00 bits per heavy atom. The molecule has 0 unspecified atom stereocenters. The fourth-order valence-electron chi connectivity index (χ4n) is 1.21. The Morgan fingerprint density at radius 3 is 2.57 bits per heavy atom. The number of rotatable bonds is 3. The zero-order valence-electron chi connectivity index (χ0n) is 7.50. The number of benzene rings is 1. The van der Waals surface area contributed by atoms with Gasteiger partial charge >= 0.3 is 0 Å². The first-order valence-electron chi connectivity index (χ1n) is 4.11. The van der Waals surface area contributed by atoms with Gasteiger partial charge in [0.2, 0.25) is 0 Å². The lowest BCUT2D eigenvalue weighted by Gasteiger charge is -2.12. The molecule has 0 aliphatic carbocycles. The first-order chi connectivity index (χ1) is 6.57. The molecule has 3 N–H and O–H groups in total. The van der Waals surface area contributed by atoms with Crippen LogP contribution in [0.1, 0.15) is 18.0 Å². The SMILES string of the molecule is C=CC[C@H](N)c1c(F)ccc(F)c1O. The minimum atomic E-state index is -0.874. The molecule has 0 saturated heterocycles. The molecule has 1 aromatic rings. The molecule has 0 amide bonds. The fourth-order valence-corrected chi connectivity index (χ4v) is 1.21. The van der Waals surface area contributed by atoms with Gasteiger partial charge in [0, 0.05) is 11.6 Å². The highest BCUT2D eigenvalue weighted by Gasteiger charge is 2.18. The summed E-state index contributed by atoms with van der Waals surface area (Å²) in [5, 5.41) is 9.25. The molecule has 0 aliphatic rings. The molecule has 4 heteroatoms. The second-order valence-electron chi connectivity index (χ2n) is 2.92. The van der Waals surface area contributed by atoms with E-state index < -0.39 is 23.4 Å². The van der Waals surface area contributed by atoms with E-state index in [9.17, 15) is 13.9 Å². The van der Waals surface area contributed by atoms with Crippen molar-refractivity contribution in [2.45, 2.75) is 12.5 Å². The quantitative estimate of drug-likeness (QED) is 0.733. The number of phenols is 1. The molecule has 0 saturated carbocycles. The first kappa shape index (κ1) is 10.7. The van der Waals surface area contributed by atoms with Gasteiger partial charge in [-0.1, -0.05) is 6.08 Å². The standard InChI is InChI=1S/C10H11F2NO/c1-2-3-8(13)9-6(11)4-5-7(12)10(9)14/h2,4-5,8,14H,1,3,13H2/t8-/m0/s1. The smallest absolute Gasteiger partial charge is 0.165 e. The molecule has 0 radical (unpaired) electrons. The molecule has 0 spiro atoms. The third kappa shape index (κ3) is 1.90. The number of aromatic hydroxyl groups is 1. The summed E-state index contributed by atoms with van der Waals surface area (Å²) < 4.78 is 26.0. The maximum absolute atomic E-state index is 13.2. The summed E-state index contributed by atoms with van der Waals surface area (Å²) in [6.07, 6.45) is 1.75. The van der Waals surface area contributed by atoms with Gasteiger partial charge in [0.25, 0.3) is 0 Å². The molecular formula is C10H11F2NO. The van der Waals surface area contributed by atoms with E-state index in [0.29, 0.717) is 0 Å². The Labute approximate surface area is 80.7 Å². The molecule has 1 atom stereocenters. The molecule has 0 fully saturated rings. The minimum Gasteiger partial charge on any atom is -0.505 e. The van der Waals surface area contributed by atoms with Crippen molar-refractivity contribution >= 4 is 0 Å². The van der Waals surface area contributed by atoms with Gasteiger partial charge in [-0.15, -0.1) is 6.58 Å². The van der Waals surface area contributed by atoms with Crippen LogP contribution < -0.4 is 5.73 Å². The van der Waals surface area contributed by atoms with Crippen molar-refractivity contribution in [2.75, 3.05) is 0 Å². The predicted molar refractivity (Wildman–Crippen MR) is 49.8 cm³/mol. The van der Waals surface area contributed by atoms with Crippen molar-refractivity contribution < 1.29 is 13.9 Å². The summed E-state index contributed by atoms with van der Waals surface area (Å²) in [5.41, 5.74) is 5.33. The van der Waals surface area contributed by atoms with Crippen LogP contribution in [-0.2, 0) is 0 Å². The normalized spacial score (nSPS) is 12.5. The average Bonchev–Trinajstić information content (AvgIpc) is 2.13. The van der Waals surface area contributed by atoms with Gasteiger partial charge in [0.15, 0.2) is 11.6 Å². The lowest BCUT2D eigenvalue weighted by molar-refractivity contribution is 0.410. The predicted octanol–water partition coefficient (Wildman–Crippen LogP) is 2.25. The van der Waals surface area contributed by atoms with Gasteiger partial charge in [-0.2, -0.15) is 0 Å². The highest BCUT2D eigenvalue weighted by atomic mass is 19.1. The lowest BCUT2D eigenvalue weighted by Crippen LogP contribution is -2.12. The Bertz CT molecular complexity index is 352. The van der Waals surface area contributed by atoms with Crippen LogP contribution in [0.15, 0.2) is 24.8 Å². The van der Waals surface area contributed by atoms with Crippen LogP contribution >= 0.6 is 0 Å². The number of hydrogen-bond donors (Lipinski definition) is 2. The maximum atomic E-state index is 13.2. The van der Waals surface area contributed by atoms with Gasteiger partial charge in [-0.3, -0.25) is 0 Å². The highest BCUT2D eigenvalue weighted by Crippen LogP contribution is 2.29. The molecule has 0 aliphatic heterocycles. The third-order valence-corrected chi connectivity index (χ3v) is 1.91. The van der Waals surface area contributed by atoms with Crippen LogP contribution in [-0.4, -0.2) is 5.11 Å². The minimum absolute atomic E-state index is 0.204. The van der Waals surface area contributed by atoms with E-state index in [1.165, 1.54) is 6.08 Å². The van der Waals surface area contributed by atoms with Crippen LogP contribution in [0.3, 0.4) is 0 Å². The second-order valence-corrected chi connectivity index (χ2v) is 2.92. The van der Waals surface area contributed by atoms with Gasteiger partial charge in [-0.05, 0) is 18.6 Å². The van der Waals surface area contributed by atoms with E-state index in [4.69, 9.17) is 5.73 Å². The summed E-state index contributed by atoms with van der Waals surface area (Å²) in [6, 6.07) is 1.02. The van der Waals surface area contributed by atoms with Crippen LogP contribution in [0.2, 0.25) is 0 Å². The third-order valence-electron chi connectivity index (χ3n) is 1.91. The van der Waals surface area contributed by atoms with Crippen molar-refractivity contribution in [3.8, 4) is 5.75 Å². The molecule has 0 bridgehead atoms. The molecule has 2 nitrogen and oxygen atoms in total. The Balaban J connectivity index is 3.17. The van der Waals surface area contributed by atoms with Crippen molar-refractivity contribution in [1.29, 1.82) is 0 Å². The van der Waals surface area contributed by atoms with E-state index >= 15 is 0 Å².